The molecule has 0 radical (unpaired) electrons. The van der Waals surface area contributed by atoms with Crippen LogP contribution < -0.4 is 0 Å². The van der Waals surface area contributed by atoms with Gasteiger partial charge in [-0.3, -0.25) is 0 Å². The van der Waals surface area contributed by atoms with Crippen molar-refractivity contribution in [1.29, 1.82) is 0 Å². The van der Waals surface area contributed by atoms with Crippen molar-refractivity contribution in [2.24, 2.45) is 0 Å². The Morgan fingerprint density at radius 2 is 2.00 bits per heavy atom. The first kappa shape index (κ1) is 12.8. The number of hydrogen-bond acceptors (Lipinski definition) is 1. The highest BCUT2D eigenvalue weighted by molar-refractivity contribution is 9.10. The molecule has 1 heterocycles. The van der Waals surface area contributed by atoms with E-state index in [1.54, 1.807) is 6.07 Å². The molecule has 0 fully saturated rings. The molecule has 1 aromatic carbocycles. The second-order valence-electron chi connectivity index (χ2n) is 4.33. The number of aryl methyl sites for hydroxylation is 1. The van der Waals surface area contributed by atoms with Crippen LogP contribution >= 0.6 is 27.5 Å². The van der Waals surface area contributed by atoms with Crippen LogP contribution in [-0.2, 0) is 0 Å². The van der Waals surface area contributed by atoms with Crippen molar-refractivity contribution in [2.75, 3.05) is 0 Å². The Balaban J connectivity index is 2.97. The predicted octanol–water partition coefficient (Wildman–Crippen LogP) is 5.22. The van der Waals surface area contributed by atoms with Gasteiger partial charge >= 0.3 is 0 Å². The van der Waals surface area contributed by atoms with Crippen molar-refractivity contribution in [1.82, 2.24) is 4.98 Å². The zero-order valence-corrected chi connectivity index (χ0v) is 12.2. The molecule has 0 saturated carbocycles. The minimum Gasteiger partial charge on any atom is -0.250 e. The zero-order valence-electron chi connectivity index (χ0n) is 9.81. The average molecular weight is 317 g/mol. The van der Waals surface area contributed by atoms with Gasteiger partial charge in [0.2, 0.25) is 0 Å². The van der Waals surface area contributed by atoms with Crippen molar-refractivity contribution in [3.05, 3.63) is 38.7 Å². The van der Waals surface area contributed by atoms with Crippen molar-refractivity contribution in [3.63, 3.8) is 0 Å². The number of fused-ring (bicyclic) bond motifs is 1. The number of pyridine rings is 1. The van der Waals surface area contributed by atoms with Crippen LogP contribution in [0.25, 0.3) is 10.9 Å². The molecule has 2 rings (SSSR count). The molecule has 2 aromatic rings. The summed E-state index contributed by atoms with van der Waals surface area (Å²) in [6.07, 6.45) is 0. The lowest BCUT2D eigenvalue weighted by Gasteiger charge is -2.15. The van der Waals surface area contributed by atoms with Crippen molar-refractivity contribution in [3.8, 4) is 0 Å². The highest BCUT2D eigenvalue weighted by atomic mass is 79.9. The summed E-state index contributed by atoms with van der Waals surface area (Å²) < 4.78 is 14.5. The third kappa shape index (κ3) is 2.06. The van der Waals surface area contributed by atoms with E-state index in [-0.39, 0.29) is 11.7 Å². The maximum absolute atomic E-state index is 13.7. The number of rotatable bonds is 1. The topological polar surface area (TPSA) is 12.9 Å². The van der Waals surface area contributed by atoms with Crippen LogP contribution in [0.4, 0.5) is 4.39 Å². The molecule has 4 heteroatoms. The molecular formula is C13H12BrClFN. The largest absolute Gasteiger partial charge is 0.250 e. The van der Waals surface area contributed by atoms with E-state index in [2.05, 4.69) is 34.8 Å². The van der Waals surface area contributed by atoms with Gasteiger partial charge in [-0.25, -0.2) is 9.37 Å². The summed E-state index contributed by atoms with van der Waals surface area (Å²) in [7, 11) is 0. The predicted molar refractivity (Wildman–Crippen MR) is 73.2 cm³/mol. The lowest BCUT2D eigenvalue weighted by Crippen LogP contribution is -1.99. The summed E-state index contributed by atoms with van der Waals surface area (Å²) in [5, 5.41) is 1.25. The van der Waals surface area contributed by atoms with Gasteiger partial charge in [-0.1, -0.05) is 41.4 Å². The second kappa shape index (κ2) is 4.54. The lowest BCUT2D eigenvalue weighted by molar-refractivity contribution is 0.636. The molecule has 0 aliphatic carbocycles. The highest BCUT2D eigenvalue weighted by Gasteiger charge is 2.17. The summed E-state index contributed by atoms with van der Waals surface area (Å²) in [6.45, 7) is 5.96. The molecule has 0 aliphatic rings. The maximum Gasteiger partial charge on any atom is 0.149 e. The molecule has 1 nitrogen and oxygen atoms in total. The van der Waals surface area contributed by atoms with Gasteiger partial charge < -0.3 is 0 Å². The Kier molecular flexibility index (Phi) is 3.41. The number of benzene rings is 1. The van der Waals surface area contributed by atoms with E-state index in [0.29, 0.717) is 15.9 Å². The third-order valence-corrected chi connectivity index (χ3v) is 3.83. The molecule has 0 aliphatic heterocycles. The van der Waals surface area contributed by atoms with Crippen LogP contribution in [0.15, 0.2) is 16.6 Å². The zero-order chi connectivity index (χ0) is 12.7. The monoisotopic (exact) mass is 315 g/mol. The van der Waals surface area contributed by atoms with E-state index >= 15 is 0 Å². The van der Waals surface area contributed by atoms with E-state index in [4.69, 9.17) is 11.6 Å². The summed E-state index contributed by atoms with van der Waals surface area (Å²) in [4.78, 5) is 4.33. The van der Waals surface area contributed by atoms with Gasteiger partial charge in [-0.05, 0) is 30.5 Å². The first-order valence-corrected chi connectivity index (χ1v) is 6.54. The van der Waals surface area contributed by atoms with Crippen LogP contribution in [-0.4, -0.2) is 4.98 Å². The normalized spacial score (nSPS) is 11.5. The quantitative estimate of drug-likeness (QED) is 0.702. The number of aromatic nitrogens is 1. The average Bonchev–Trinajstić information content (AvgIpc) is 2.22. The molecule has 0 N–H and O–H groups in total. The Labute approximate surface area is 113 Å². The molecule has 0 amide bonds. The van der Waals surface area contributed by atoms with Crippen LogP contribution in [0.2, 0.25) is 5.02 Å². The molecule has 0 saturated heterocycles. The lowest BCUT2D eigenvalue weighted by atomic mass is 9.99. The van der Waals surface area contributed by atoms with Crippen LogP contribution in [0.3, 0.4) is 0 Å². The fourth-order valence-corrected chi connectivity index (χ4v) is 3.23. The van der Waals surface area contributed by atoms with E-state index in [1.165, 1.54) is 6.07 Å². The van der Waals surface area contributed by atoms with E-state index < -0.39 is 0 Å². The minimum absolute atomic E-state index is 0.259. The van der Waals surface area contributed by atoms with E-state index in [0.717, 1.165) is 15.7 Å². The van der Waals surface area contributed by atoms with Crippen LogP contribution in [0.1, 0.15) is 31.0 Å². The molecule has 17 heavy (non-hydrogen) atoms. The van der Waals surface area contributed by atoms with Crippen LogP contribution in [0.5, 0.6) is 0 Å². The maximum atomic E-state index is 13.7. The molecule has 0 atom stereocenters. The highest BCUT2D eigenvalue weighted by Crippen LogP contribution is 2.37. The van der Waals surface area contributed by atoms with Crippen molar-refractivity contribution < 1.29 is 4.39 Å². The van der Waals surface area contributed by atoms with Gasteiger partial charge in [-0.2, -0.15) is 0 Å². The SMILES string of the molecule is Cc1nc2c(F)ccc(Br)c2c(Cl)c1C(C)C. The standard InChI is InChI=1S/C13H12BrClFN/c1-6(2)10-7(3)17-13-9(16)5-4-8(14)11(13)12(10)15/h4-6H,1-3H3. The van der Waals surface area contributed by atoms with Crippen LogP contribution in [0, 0.1) is 12.7 Å². The Morgan fingerprint density at radius 3 is 2.59 bits per heavy atom. The fraction of sp³-hybridized carbons (Fsp3) is 0.308. The molecule has 90 valence electrons. The van der Waals surface area contributed by atoms with E-state index in [9.17, 15) is 4.39 Å². The van der Waals surface area contributed by atoms with Gasteiger partial charge in [0.15, 0.2) is 0 Å². The Bertz CT molecular complexity index is 596. The first-order valence-electron chi connectivity index (χ1n) is 5.37. The number of nitrogens with zero attached hydrogens (tertiary/aromatic N) is 1. The Hall–Kier alpha value is -0.670. The second-order valence-corrected chi connectivity index (χ2v) is 5.56. The summed E-state index contributed by atoms with van der Waals surface area (Å²) in [5.74, 6) is -0.0851. The number of hydrogen-bond donors (Lipinski definition) is 0. The molecule has 0 unspecified atom stereocenters. The van der Waals surface area contributed by atoms with Gasteiger partial charge in [0, 0.05) is 15.6 Å². The number of halogens is 3. The summed E-state index contributed by atoms with van der Waals surface area (Å²) in [5.41, 5.74) is 2.09. The molecule has 0 spiro atoms. The van der Waals surface area contributed by atoms with Gasteiger partial charge in [0.05, 0.1) is 5.02 Å². The van der Waals surface area contributed by atoms with Crippen molar-refractivity contribution in [2.45, 2.75) is 26.7 Å². The summed E-state index contributed by atoms with van der Waals surface area (Å²) >= 11 is 9.78. The molecule has 0 bridgehead atoms. The minimum atomic E-state index is -0.344. The first-order chi connectivity index (χ1) is 7.93. The Morgan fingerprint density at radius 1 is 1.35 bits per heavy atom. The van der Waals surface area contributed by atoms with Gasteiger partial charge in [-0.15, -0.1) is 0 Å². The molecule has 1 aromatic heterocycles. The summed E-state index contributed by atoms with van der Waals surface area (Å²) in [6, 6.07) is 3.05. The molecular weight excluding hydrogens is 305 g/mol. The smallest absolute Gasteiger partial charge is 0.149 e. The third-order valence-electron chi connectivity index (χ3n) is 2.78. The van der Waals surface area contributed by atoms with Crippen molar-refractivity contribution >= 4 is 38.4 Å². The van der Waals surface area contributed by atoms with E-state index in [1.807, 2.05) is 6.92 Å². The van der Waals surface area contributed by atoms with Gasteiger partial charge in [0.25, 0.3) is 0 Å². The fourth-order valence-electron chi connectivity index (χ4n) is 2.05. The van der Waals surface area contributed by atoms with Gasteiger partial charge in [0.1, 0.15) is 11.3 Å².